The molecule has 0 bridgehead atoms. The number of nitrogens with one attached hydrogen (secondary N) is 2. The lowest BCUT2D eigenvalue weighted by Crippen LogP contribution is -2.35. The Bertz CT molecular complexity index is 558. The molecule has 0 atom stereocenters. The Balaban J connectivity index is 1.46. The quantitative estimate of drug-likeness (QED) is 0.816. The lowest BCUT2D eigenvalue weighted by molar-refractivity contribution is -0.127. The number of piperidine rings is 1. The molecule has 1 aromatic carbocycles. The SMILES string of the molecule is O=C(CC(=O)NC1CCCC1)Nc1ccc(N2CCCCC2)cc1. The molecular formula is C19H27N3O2. The van der Waals surface area contributed by atoms with Crippen LogP contribution in [0.5, 0.6) is 0 Å². The lowest BCUT2D eigenvalue weighted by atomic mass is 10.1. The van der Waals surface area contributed by atoms with E-state index in [4.69, 9.17) is 0 Å². The summed E-state index contributed by atoms with van der Waals surface area (Å²) in [5.41, 5.74) is 1.95. The number of anilines is 2. The topological polar surface area (TPSA) is 61.4 Å². The minimum Gasteiger partial charge on any atom is -0.372 e. The van der Waals surface area contributed by atoms with Crippen LogP contribution in [0.2, 0.25) is 0 Å². The smallest absolute Gasteiger partial charge is 0.233 e. The van der Waals surface area contributed by atoms with Gasteiger partial charge in [0.15, 0.2) is 0 Å². The van der Waals surface area contributed by atoms with E-state index in [1.807, 2.05) is 24.3 Å². The molecule has 5 nitrogen and oxygen atoms in total. The summed E-state index contributed by atoms with van der Waals surface area (Å²) in [6.07, 6.45) is 8.10. The van der Waals surface area contributed by atoms with Crippen molar-refractivity contribution >= 4 is 23.2 Å². The van der Waals surface area contributed by atoms with Crippen LogP contribution in [0.1, 0.15) is 51.4 Å². The van der Waals surface area contributed by atoms with Crippen molar-refractivity contribution in [1.82, 2.24) is 5.32 Å². The highest BCUT2D eigenvalue weighted by atomic mass is 16.2. The number of rotatable bonds is 5. The highest BCUT2D eigenvalue weighted by molar-refractivity contribution is 6.03. The van der Waals surface area contributed by atoms with Crippen molar-refractivity contribution in [1.29, 1.82) is 0 Å². The summed E-state index contributed by atoms with van der Waals surface area (Å²) < 4.78 is 0. The molecule has 0 aromatic heterocycles. The zero-order valence-corrected chi connectivity index (χ0v) is 14.2. The second-order valence-corrected chi connectivity index (χ2v) is 6.87. The zero-order chi connectivity index (χ0) is 16.8. The van der Waals surface area contributed by atoms with Crippen molar-refractivity contribution < 1.29 is 9.59 Å². The Hall–Kier alpha value is -2.04. The van der Waals surface area contributed by atoms with Gasteiger partial charge in [-0.05, 0) is 56.4 Å². The van der Waals surface area contributed by atoms with Crippen LogP contribution in [0.15, 0.2) is 24.3 Å². The average Bonchev–Trinajstić information content (AvgIpc) is 3.09. The fraction of sp³-hybridized carbons (Fsp3) is 0.579. The minimum absolute atomic E-state index is 0.107. The monoisotopic (exact) mass is 329 g/mol. The van der Waals surface area contributed by atoms with Crippen molar-refractivity contribution in [3.05, 3.63) is 24.3 Å². The summed E-state index contributed by atoms with van der Waals surface area (Å²) in [5, 5.41) is 5.75. The first-order valence-electron chi connectivity index (χ1n) is 9.15. The average molecular weight is 329 g/mol. The van der Waals surface area contributed by atoms with E-state index in [1.165, 1.54) is 37.8 Å². The number of nitrogens with zero attached hydrogens (tertiary/aromatic N) is 1. The van der Waals surface area contributed by atoms with Crippen LogP contribution in [-0.4, -0.2) is 30.9 Å². The van der Waals surface area contributed by atoms with E-state index in [9.17, 15) is 9.59 Å². The van der Waals surface area contributed by atoms with E-state index < -0.39 is 0 Å². The first-order chi connectivity index (χ1) is 11.7. The van der Waals surface area contributed by atoms with Gasteiger partial charge in [0, 0.05) is 30.5 Å². The van der Waals surface area contributed by atoms with Crippen molar-refractivity contribution in [2.75, 3.05) is 23.3 Å². The summed E-state index contributed by atoms with van der Waals surface area (Å²) in [4.78, 5) is 26.3. The van der Waals surface area contributed by atoms with Crippen LogP contribution in [0.4, 0.5) is 11.4 Å². The number of carbonyl (C=O) groups is 2. The molecule has 5 heteroatoms. The summed E-state index contributed by atoms with van der Waals surface area (Å²) in [5.74, 6) is -0.430. The van der Waals surface area contributed by atoms with Crippen LogP contribution in [0.25, 0.3) is 0 Å². The van der Waals surface area contributed by atoms with Gasteiger partial charge in [-0.2, -0.15) is 0 Å². The van der Waals surface area contributed by atoms with Gasteiger partial charge in [-0.1, -0.05) is 12.8 Å². The van der Waals surface area contributed by atoms with Gasteiger partial charge in [-0.3, -0.25) is 9.59 Å². The standard InChI is InChI=1S/C19H27N3O2/c23-18(20-15-6-2-3-7-15)14-19(24)21-16-8-10-17(11-9-16)22-12-4-1-5-13-22/h8-11,15H,1-7,12-14H2,(H,20,23)(H,21,24). The summed E-state index contributed by atoms with van der Waals surface area (Å²) >= 11 is 0. The molecule has 0 spiro atoms. The van der Waals surface area contributed by atoms with Crippen LogP contribution < -0.4 is 15.5 Å². The van der Waals surface area contributed by atoms with Gasteiger partial charge in [0.25, 0.3) is 0 Å². The van der Waals surface area contributed by atoms with Gasteiger partial charge in [-0.15, -0.1) is 0 Å². The molecule has 24 heavy (non-hydrogen) atoms. The first-order valence-corrected chi connectivity index (χ1v) is 9.15. The number of hydrogen-bond acceptors (Lipinski definition) is 3. The molecule has 2 fully saturated rings. The third-order valence-corrected chi connectivity index (χ3v) is 4.91. The predicted molar refractivity (Wildman–Crippen MR) is 96.2 cm³/mol. The highest BCUT2D eigenvalue weighted by Gasteiger charge is 2.18. The highest BCUT2D eigenvalue weighted by Crippen LogP contribution is 2.22. The van der Waals surface area contributed by atoms with Crippen molar-refractivity contribution in [3.63, 3.8) is 0 Å². The minimum atomic E-state index is -0.254. The molecule has 1 aliphatic heterocycles. The molecule has 2 amide bonds. The number of amides is 2. The molecule has 0 unspecified atom stereocenters. The van der Waals surface area contributed by atoms with Gasteiger partial charge < -0.3 is 15.5 Å². The van der Waals surface area contributed by atoms with Crippen LogP contribution in [0, 0.1) is 0 Å². The van der Waals surface area contributed by atoms with Crippen molar-refractivity contribution in [3.8, 4) is 0 Å². The van der Waals surface area contributed by atoms with E-state index in [2.05, 4.69) is 15.5 Å². The van der Waals surface area contributed by atoms with Crippen LogP contribution >= 0.6 is 0 Å². The molecule has 1 heterocycles. The Labute approximate surface area is 143 Å². The van der Waals surface area contributed by atoms with Gasteiger partial charge in [0.2, 0.25) is 11.8 Å². The van der Waals surface area contributed by atoms with Gasteiger partial charge in [0.05, 0.1) is 0 Å². The number of hydrogen-bond donors (Lipinski definition) is 2. The van der Waals surface area contributed by atoms with Gasteiger partial charge in [0.1, 0.15) is 6.42 Å². The summed E-state index contributed by atoms with van der Waals surface area (Å²) in [7, 11) is 0. The molecule has 2 N–H and O–H groups in total. The summed E-state index contributed by atoms with van der Waals surface area (Å²) in [6.45, 7) is 2.21. The molecule has 0 radical (unpaired) electrons. The number of carbonyl (C=O) groups excluding carboxylic acids is 2. The lowest BCUT2D eigenvalue weighted by Gasteiger charge is -2.28. The van der Waals surface area contributed by atoms with Crippen LogP contribution in [-0.2, 0) is 9.59 Å². The van der Waals surface area contributed by atoms with E-state index >= 15 is 0 Å². The Kier molecular flexibility index (Phi) is 5.72. The maximum atomic E-state index is 12.0. The maximum Gasteiger partial charge on any atom is 0.233 e. The fourth-order valence-corrected chi connectivity index (χ4v) is 3.61. The first kappa shape index (κ1) is 16.8. The Morgan fingerprint density at radius 1 is 0.917 bits per heavy atom. The third-order valence-electron chi connectivity index (χ3n) is 4.91. The van der Waals surface area contributed by atoms with E-state index in [0.29, 0.717) is 0 Å². The predicted octanol–water partition coefficient (Wildman–Crippen LogP) is 3.06. The molecule has 3 rings (SSSR count). The van der Waals surface area contributed by atoms with E-state index in [0.717, 1.165) is 31.6 Å². The van der Waals surface area contributed by atoms with Gasteiger partial charge >= 0.3 is 0 Å². The van der Waals surface area contributed by atoms with Crippen LogP contribution in [0.3, 0.4) is 0 Å². The second-order valence-electron chi connectivity index (χ2n) is 6.87. The maximum absolute atomic E-state index is 12.0. The summed E-state index contributed by atoms with van der Waals surface area (Å²) in [6, 6.07) is 8.17. The zero-order valence-electron chi connectivity index (χ0n) is 14.2. The Morgan fingerprint density at radius 2 is 1.58 bits per heavy atom. The fourth-order valence-electron chi connectivity index (χ4n) is 3.61. The van der Waals surface area contributed by atoms with Gasteiger partial charge in [-0.25, -0.2) is 0 Å². The molecule has 1 aliphatic carbocycles. The van der Waals surface area contributed by atoms with Crippen molar-refractivity contribution in [2.24, 2.45) is 0 Å². The third kappa shape index (κ3) is 4.73. The second kappa shape index (κ2) is 8.18. The molecule has 1 aromatic rings. The molecular weight excluding hydrogens is 302 g/mol. The van der Waals surface area contributed by atoms with E-state index in [1.54, 1.807) is 0 Å². The number of benzene rings is 1. The molecule has 1 saturated heterocycles. The Morgan fingerprint density at radius 3 is 2.25 bits per heavy atom. The van der Waals surface area contributed by atoms with E-state index in [-0.39, 0.29) is 24.3 Å². The normalized spacial score (nSPS) is 18.4. The largest absolute Gasteiger partial charge is 0.372 e. The molecule has 2 aliphatic rings. The molecule has 130 valence electrons. The van der Waals surface area contributed by atoms with Crippen molar-refractivity contribution in [2.45, 2.75) is 57.4 Å². The molecule has 1 saturated carbocycles.